The van der Waals surface area contributed by atoms with Gasteiger partial charge in [-0.2, -0.15) is 0 Å². The van der Waals surface area contributed by atoms with Gasteiger partial charge in [0.15, 0.2) is 0 Å². The monoisotopic (exact) mass is 290 g/mol. The number of nitrogens with zero attached hydrogens (tertiary/aromatic N) is 2. The summed E-state index contributed by atoms with van der Waals surface area (Å²) in [6.45, 7) is 0.453. The summed E-state index contributed by atoms with van der Waals surface area (Å²) in [5.74, 6) is -1.41. The van der Waals surface area contributed by atoms with E-state index in [1.54, 1.807) is 38.4 Å². The van der Waals surface area contributed by atoms with E-state index in [2.05, 4.69) is 0 Å². The lowest BCUT2D eigenvalue weighted by atomic mass is 10.1. The number of benzene rings is 1. The van der Waals surface area contributed by atoms with Crippen LogP contribution >= 0.6 is 0 Å². The molecule has 1 aliphatic heterocycles. The molecule has 6 nitrogen and oxygen atoms in total. The van der Waals surface area contributed by atoms with Crippen LogP contribution in [0.25, 0.3) is 0 Å². The normalized spacial score (nSPS) is 17.6. The topological polar surface area (TPSA) is 77.9 Å². The minimum absolute atomic E-state index is 0.140. The maximum atomic E-state index is 12.3. The fourth-order valence-corrected chi connectivity index (χ4v) is 2.45. The Kier molecular flexibility index (Phi) is 4.26. The smallest absolute Gasteiger partial charge is 0.326 e. The first-order chi connectivity index (χ1) is 9.91. The Hall–Kier alpha value is -2.37. The molecular formula is C15H18N2O4. The fourth-order valence-electron chi connectivity index (χ4n) is 2.45. The highest BCUT2D eigenvalue weighted by Gasteiger charge is 2.34. The zero-order chi connectivity index (χ0) is 15.6. The Bertz CT molecular complexity index is 566. The molecule has 1 N–H and O–H groups in total. The number of rotatable bonds is 3. The Morgan fingerprint density at radius 1 is 1.14 bits per heavy atom. The van der Waals surface area contributed by atoms with Gasteiger partial charge in [0.1, 0.15) is 6.04 Å². The van der Waals surface area contributed by atoms with Crippen LogP contribution in [0.2, 0.25) is 0 Å². The Labute approximate surface area is 123 Å². The Balaban J connectivity index is 2.17. The first-order valence-electron chi connectivity index (χ1n) is 6.77. The molecule has 2 rings (SSSR count). The van der Waals surface area contributed by atoms with E-state index >= 15 is 0 Å². The van der Waals surface area contributed by atoms with Crippen LogP contribution < -0.4 is 0 Å². The largest absolute Gasteiger partial charge is 0.480 e. The van der Waals surface area contributed by atoms with E-state index in [-0.39, 0.29) is 11.8 Å². The van der Waals surface area contributed by atoms with E-state index in [1.807, 2.05) is 0 Å². The number of carboxylic acid groups (broad SMARTS) is 1. The molecule has 1 fully saturated rings. The fraction of sp³-hybridized carbons (Fsp3) is 0.400. The minimum Gasteiger partial charge on any atom is -0.480 e. The van der Waals surface area contributed by atoms with Crippen LogP contribution in [-0.4, -0.2) is 59.4 Å². The number of carbonyl (C=O) groups is 3. The molecule has 1 atom stereocenters. The molecule has 0 saturated carbocycles. The van der Waals surface area contributed by atoms with Crippen molar-refractivity contribution in [2.75, 3.05) is 20.6 Å². The maximum Gasteiger partial charge on any atom is 0.326 e. The standard InChI is InChI=1S/C15H18N2O4/c1-16(2)13(18)10-5-7-11(8-6-10)14(19)17-9-3-4-12(17)15(20)21/h5-8,12H,3-4,9H2,1-2H3,(H,20,21). The van der Waals surface area contributed by atoms with Crippen molar-refractivity contribution in [1.29, 1.82) is 0 Å². The van der Waals surface area contributed by atoms with Crippen molar-refractivity contribution in [2.24, 2.45) is 0 Å². The van der Waals surface area contributed by atoms with Gasteiger partial charge < -0.3 is 14.9 Å². The highest BCUT2D eigenvalue weighted by Crippen LogP contribution is 2.20. The summed E-state index contributed by atoms with van der Waals surface area (Å²) in [5, 5.41) is 9.11. The van der Waals surface area contributed by atoms with Gasteiger partial charge in [0.2, 0.25) is 0 Å². The summed E-state index contributed by atoms with van der Waals surface area (Å²) >= 11 is 0. The first-order valence-corrected chi connectivity index (χ1v) is 6.77. The molecule has 0 aromatic heterocycles. The molecule has 0 aliphatic carbocycles. The average molecular weight is 290 g/mol. The van der Waals surface area contributed by atoms with Gasteiger partial charge in [0.25, 0.3) is 11.8 Å². The van der Waals surface area contributed by atoms with E-state index in [1.165, 1.54) is 9.80 Å². The minimum atomic E-state index is -0.972. The van der Waals surface area contributed by atoms with Gasteiger partial charge >= 0.3 is 5.97 Å². The predicted molar refractivity (Wildman–Crippen MR) is 76.2 cm³/mol. The van der Waals surface area contributed by atoms with Crippen molar-refractivity contribution in [3.63, 3.8) is 0 Å². The molecule has 1 aromatic carbocycles. The lowest BCUT2D eigenvalue weighted by Crippen LogP contribution is -2.40. The predicted octanol–water partition coefficient (Wildman–Crippen LogP) is 1.08. The number of amides is 2. The third kappa shape index (κ3) is 3.04. The first kappa shape index (κ1) is 15.0. The number of carbonyl (C=O) groups excluding carboxylic acids is 2. The van der Waals surface area contributed by atoms with Gasteiger partial charge in [0, 0.05) is 31.8 Å². The van der Waals surface area contributed by atoms with Crippen LogP contribution in [0.15, 0.2) is 24.3 Å². The molecule has 21 heavy (non-hydrogen) atoms. The van der Waals surface area contributed by atoms with E-state index in [4.69, 9.17) is 5.11 Å². The van der Waals surface area contributed by atoms with Crippen LogP contribution in [0.3, 0.4) is 0 Å². The van der Waals surface area contributed by atoms with Gasteiger partial charge in [0.05, 0.1) is 0 Å². The molecule has 6 heteroatoms. The maximum absolute atomic E-state index is 12.3. The van der Waals surface area contributed by atoms with Crippen LogP contribution in [0, 0.1) is 0 Å². The second kappa shape index (κ2) is 5.95. The molecule has 0 spiro atoms. The van der Waals surface area contributed by atoms with Crippen molar-refractivity contribution in [1.82, 2.24) is 9.80 Å². The quantitative estimate of drug-likeness (QED) is 0.903. The molecule has 1 unspecified atom stereocenters. The third-order valence-corrected chi connectivity index (χ3v) is 3.58. The van der Waals surface area contributed by atoms with Crippen molar-refractivity contribution < 1.29 is 19.5 Å². The second-order valence-electron chi connectivity index (χ2n) is 5.27. The van der Waals surface area contributed by atoms with Gasteiger partial charge in [-0.15, -0.1) is 0 Å². The van der Waals surface area contributed by atoms with Crippen molar-refractivity contribution in [3.05, 3.63) is 35.4 Å². The van der Waals surface area contributed by atoms with Gasteiger partial charge in [-0.1, -0.05) is 0 Å². The van der Waals surface area contributed by atoms with E-state index in [0.717, 1.165) is 0 Å². The van der Waals surface area contributed by atoms with Crippen molar-refractivity contribution in [3.8, 4) is 0 Å². The highest BCUT2D eigenvalue weighted by molar-refractivity contribution is 5.99. The summed E-state index contributed by atoms with van der Waals surface area (Å²) in [5.41, 5.74) is 0.895. The van der Waals surface area contributed by atoms with Crippen LogP contribution in [0.5, 0.6) is 0 Å². The zero-order valence-corrected chi connectivity index (χ0v) is 12.1. The number of aliphatic carboxylic acids is 1. The summed E-state index contributed by atoms with van der Waals surface area (Å²) in [7, 11) is 3.31. The summed E-state index contributed by atoms with van der Waals surface area (Å²) in [6, 6.07) is 5.55. The molecule has 1 aliphatic rings. The number of carboxylic acids is 1. The van der Waals surface area contributed by atoms with E-state index in [0.29, 0.717) is 30.5 Å². The second-order valence-corrected chi connectivity index (χ2v) is 5.27. The zero-order valence-electron chi connectivity index (χ0n) is 12.1. The molecule has 2 amide bonds. The Morgan fingerprint density at radius 2 is 1.71 bits per heavy atom. The number of hydrogen-bond donors (Lipinski definition) is 1. The van der Waals surface area contributed by atoms with E-state index in [9.17, 15) is 14.4 Å². The summed E-state index contributed by atoms with van der Waals surface area (Å²) < 4.78 is 0. The molecule has 112 valence electrons. The van der Waals surface area contributed by atoms with Crippen molar-refractivity contribution >= 4 is 17.8 Å². The average Bonchev–Trinajstić information content (AvgIpc) is 2.95. The van der Waals surface area contributed by atoms with Crippen LogP contribution in [-0.2, 0) is 4.79 Å². The number of hydrogen-bond acceptors (Lipinski definition) is 3. The lowest BCUT2D eigenvalue weighted by Gasteiger charge is -2.21. The molecule has 1 aromatic rings. The summed E-state index contributed by atoms with van der Waals surface area (Å²) in [6.07, 6.45) is 1.18. The SMILES string of the molecule is CN(C)C(=O)c1ccc(C(=O)N2CCCC2C(=O)O)cc1. The van der Waals surface area contributed by atoms with Gasteiger partial charge in [-0.3, -0.25) is 9.59 Å². The van der Waals surface area contributed by atoms with Gasteiger partial charge in [-0.25, -0.2) is 4.79 Å². The molecule has 0 bridgehead atoms. The lowest BCUT2D eigenvalue weighted by molar-refractivity contribution is -0.141. The molecule has 1 saturated heterocycles. The highest BCUT2D eigenvalue weighted by atomic mass is 16.4. The summed E-state index contributed by atoms with van der Waals surface area (Å²) in [4.78, 5) is 38.1. The molecule has 1 heterocycles. The van der Waals surface area contributed by atoms with Crippen LogP contribution in [0.4, 0.5) is 0 Å². The molecule has 0 radical (unpaired) electrons. The van der Waals surface area contributed by atoms with Crippen molar-refractivity contribution in [2.45, 2.75) is 18.9 Å². The third-order valence-electron chi connectivity index (χ3n) is 3.58. The Morgan fingerprint density at radius 3 is 2.24 bits per heavy atom. The van der Waals surface area contributed by atoms with E-state index < -0.39 is 12.0 Å². The molecular weight excluding hydrogens is 272 g/mol. The number of likely N-dealkylation sites (tertiary alicyclic amines) is 1. The van der Waals surface area contributed by atoms with Gasteiger partial charge in [-0.05, 0) is 37.1 Å². The van der Waals surface area contributed by atoms with Crippen LogP contribution in [0.1, 0.15) is 33.6 Å².